The van der Waals surface area contributed by atoms with Crippen LogP contribution in [0.4, 0.5) is 0 Å². The molecule has 1 heterocycles. The van der Waals surface area contributed by atoms with Gasteiger partial charge in [-0.15, -0.1) is 0 Å². The quantitative estimate of drug-likeness (QED) is 0.770. The standard InChI is InChI=1S/C14H11IN2O/c1-9-7-10(2)17-14(11(9)8-16)18-13-6-4-3-5-12(13)15/h3-7H,1-2H3. The number of nitriles is 1. The number of benzene rings is 1. The zero-order valence-corrected chi connectivity index (χ0v) is 12.2. The summed E-state index contributed by atoms with van der Waals surface area (Å²) in [6.07, 6.45) is 0. The number of hydrogen-bond acceptors (Lipinski definition) is 3. The summed E-state index contributed by atoms with van der Waals surface area (Å²) >= 11 is 2.19. The lowest BCUT2D eigenvalue weighted by atomic mass is 10.1. The molecular formula is C14H11IN2O. The zero-order valence-electron chi connectivity index (χ0n) is 10.1. The van der Waals surface area contributed by atoms with Gasteiger partial charge in [0.05, 0.1) is 3.57 Å². The van der Waals surface area contributed by atoms with Gasteiger partial charge in [0.2, 0.25) is 5.88 Å². The van der Waals surface area contributed by atoms with Crippen LogP contribution in [0.15, 0.2) is 30.3 Å². The number of aryl methyl sites for hydroxylation is 2. The van der Waals surface area contributed by atoms with Crippen LogP contribution >= 0.6 is 22.6 Å². The normalized spacial score (nSPS) is 9.89. The van der Waals surface area contributed by atoms with E-state index in [2.05, 4.69) is 33.6 Å². The Morgan fingerprint density at radius 1 is 1.28 bits per heavy atom. The number of halogens is 1. The van der Waals surface area contributed by atoms with Gasteiger partial charge in [-0.05, 0) is 60.2 Å². The summed E-state index contributed by atoms with van der Waals surface area (Å²) in [5, 5.41) is 9.17. The molecule has 4 heteroatoms. The third-order valence-electron chi connectivity index (χ3n) is 2.47. The highest BCUT2D eigenvalue weighted by Gasteiger charge is 2.11. The molecule has 0 unspecified atom stereocenters. The number of aromatic nitrogens is 1. The first-order chi connectivity index (χ1) is 8.61. The Bertz CT molecular complexity index is 632. The van der Waals surface area contributed by atoms with Crippen molar-refractivity contribution in [3.63, 3.8) is 0 Å². The molecule has 3 nitrogen and oxygen atoms in total. The lowest BCUT2D eigenvalue weighted by molar-refractivity contribution is 0.456. The van der Waals surface area contributed by atoms with Crippen molar-refractivity contribution < 1.29 is 4.74 Å². The maximum Gasteiger partial charge on any atom is 0.237 e. The molecule has 0 amide bonds. The van der Waals surface area contributed by atoms with E-state index in [0.717, 1.165) is 14.8 Å². The largest absolute Gasteiger partial charge is 0.437 e. The Kier molecular flexibility index (Phi) is 3.82. The maximum absolute atomic E-state index is 9.17. The van der Waals surface area contributed by atoms with Crippen molar-refractivity contribution in [1.82, 2.24) is 4.98 Å². The molecule has 18 heavy (non-hydrogen) atoms. The molecule has 0 saturated carbocycles. The molecule has 0 spiro atoms. The summed E-state index contributed by atoms with van der Waals surface area (Å²) in [4.78, 5) is 4.29. The van der Waals surface area contributed by atoms with Crippen molar-refractivity contribution >= 4 is 22.6 Å². The van der Waals surface area contributed by atoms with E-state index < -0.39 is 0 Å². The van der Waals surface area contributed by atoms with Crippen molar-refractivity contribution in [2.45, 2.75) is 13.8 Å². The molecule has 0 saturated heterocycles. The van der Waals surface area contributed by atoms with E-state index in [4.69, 9.17) is 10.00 Å². The van der Waals surface area contributed by atoms with E-state index in [1.54, 1.807) is 0 Å². The molecule has 0 radical (unpaired) electrons. The lowest BCUT2D eigenvalue weighted by Crippen LogP contribution is -1.97. The highest BCUT2D eigenvalue weighted by atomic mass is 127. The van der Waals surface area contributed by atoms with Gasteiger partial charge in [-0.2, -0.15) is 5.26 Å². The number of nitrogens with zero attached hydrogens (tertiary/aromatic N) is 2. The predicted octanol–water partition coefficient (Wildman–Crippen LogP) is 3.97. The highest BCUT2D eigenvalue weighted by Crippen LogP contribution is 2.28. The first-order valence-corrected chi connectivity index (χ1v) is 6.50. The summed E-state index contributed by atoms with van der Waals surface area (Å²) in [6, 6.07) is 11.7. The molecule has 0 aliphatic heterocycles. The monoisotopic (exact) mass is 350 g/mol. The highest BCUT2D eigenvalue weighted by molar-refractivity contribution is 14.1. The Balaban J connectivity index is 2.47. The van der Waals surface area contributed by atoms with Crippen LogP contribution in [0.5, 0.6) is 11.6 Å². The van der Waals surface area contributed by atoms with Crippen LogP contribution in [0.3, 0.4) is 0 Å². The van der Waals surface area contributed by atoms with E-state index in [1.165, 1.54) is 0 Å². The Labute approximate surface area is 120 Å². The molecule has 0 N–H and O–H groups in total. The van der Waals surface area contributed by atoms with Gasteiger partial charge in [-0.25, -0.2) is 4.98 Å². The second-order valence-corrected chi connectivity index (χ2v) is 5.07. The second-order valence-electron chi connectivity index (χ2n) is 3.90. The van der Waals surface area contributed by atoms with Crippen molar-refractivity contribution in [3.8, 4) is 17.7 Å². The van der Waals surface area contributed by atoms with Crippen molar-refractivity contribution in [1.29, 1.82) is 5.26 Å². The van der Waals surface area contributed by atoms with Crippen LogP contribution in [-0.2, 0) is 0 Å². The molecule has 0 fully saturated rings. The number of hydrogen-bond donors (Lipinski definition) is 0. The number of ether oxygens (including phenoxy) is 1. The average Bonchev–Trinajstić information content (AvgIpc) is 2.31. The molecule has 1 aromatic heterocycles. The van der Waals surface area contributed by atoms with Crippen molar-refractivity contribution in [2.24, 2.45) is 0 Å². The van der Waals surface area contributed by atoms with E-state index in [-0.39, 0.29) is 0 Å². The van der Waals surface area contributed by atoms with Gasteiger partial charge < -0.3 is 4.74 Å². The average molecular weight is 350 g/mol. The zero-order chi connectivity index (χ0) is 13.1. The van der Waals surface area contributed by atoms with Gasteiger partial charge in [-0.1, -0.05) is 12.1 Å². The molecule has 2 aromatic rings. The molecule has 0 atom stereocenters. The molecular weight excluding hydrogens is 339 g/mol. The van der Waals surface area contributed by atoms with Gasteiger partial charge in [0.25, 0.3) is 0 Å². The predicted molar refractivity (Wildman–Crippen MR) is 77.7 cm³/mol. The third kappa shape index (κ3) is 2.62. The van der Waals surface area contributed by atoms with E-state index in [0.29, 0.717) is 17.2 Å². The van der Waals surface area contributed by atoms with Crippen LogP contribution in [0, 0.1) is 28.7 Å². The summed E-state index contributed by atoms with van der Waals surface area (Å²) in [5.41, 5.74) is 2.21. The van der Waals surface area contributed by atoms with Gasteiger partial charge in [0.1, 0.15) is 17.4 Å². The topological polar surface area (TPSA) is 45.9 Å². The van der Waals surface area contributed by atoms with Crippen LogP contribution in [-0.4, -0.2) is 4.98 Å². The Morgan fingerprint density at radius 2 is 2.00 bits per heavy atom. The second kappa shape index (κ2) is 5.36. The number of rotatable bonds is 2. The Hall–Kier alpha value is -1.61. The van der Waals surface area contributed by atoms with Gasteiger partial charge in [0.15, 0.2) is 0 Å². The summed E-state index contributed by atoms with van der Waals surface area (Å²) in [5.74, 6) is 1.09. The van der Waals surface area contributed by atoms with E-state index in [9.17, 15) is 0 Å². The molecule has 0 bridgehead atoms. The smallest absolute Gasteiger partial charge is 0.237 e. The van der Waals surface area contributed by atoms with Crippen molar-refractivity contribution in [3.05, 3.63) is 50.7 Å². The molecule has 2 rings (SSSR count). The number of para-hydroxylation sites is 1. The molecule has 90 valence electrons. The molecule has 1 aromatic carbocycles. The summed E-state index contributed by atoms with van der Waals surface area (Å²) < 4.78 is 6.74. The minimum atomic E-state index is 0.374. The molecule has 0 aliphatic carbocycles. The first kappa shape index (κ1) is 12.8. The summed E-state index contributed by atoms with van der Waals surface area (Å²) in [7, 11) is 0. The fourth-order valence-corrected chi connectivity index (χ4v) is 2.14. The fourth-order valence-electron chi connectivity index (χ4n) is 1.64. The van der Waals surface area contributed by atoms with Gasteiger partial charge in [-0.3, -0.25) is 0 Å². The SMILES string of the molecule is Cc1cc(C)c(C#N)c(Oc2ccccc2I)n1. The van der Waals surface area contributed by atoms with Gasteiger partial charge >= 0.3 is 0 Å². The maximum atomic E-state index is 9.17. The van der Waals surface area contributed by atoms with Crippen LogP contribution in [0.2, 0.25) is 0 Å². The summed E-state index contributed by atoms with van der Waals surface area (Å²) in [6.45, 7) is 3.77. The van der Waals surface area contributed by atoms with Gasteiger partial charge in [0, 0.05) is 5.69 Å². The van der Waals surface area contributed by atoms with Crippen LogP contribution in [0.1, 0.15) is 16.8 Å². The van der Waals surface area contributed by atoms with Crippen LogP contribution < -0.4 is 4.74 Å². The number of pyridine rings is 1. The van der Waals surface area contributed by atoms with Crippen molar-refractivity contribution in [2.75, 3.05) is 0 Å². The van der Waals surface area contributed by atoms with Crippen LogP contribution in [0.25, 0.3) is 0 Å². The Morgan fingerprint density at radius 3 is 2.67 bits per heavy atom. The lowest BCUT2D eigenvalue weighted by Gasteiger charge is -2.10. The fraction of sp³-hybridized carbons (Fsp3) is 0.143. The minimum Gasteiger partial charge on any atom is -0.437 e. The third-order valence-corrected chi connectivity index (χ3v) is 3.36. The van der Waals surface area contributed by atoms with E-state index in [1.807, 2.05) is 44.2 Å². The first-order valence-electron chi connectivity index (χ1n) is 5.42. The molecule has 0 aliphatic rings. The minimum absolute atomic E-state index is 0.374. The van der Waals surface area contributed by atoms with E-state index >= 15 is 0 Å².